The Balaban J connectivity index is 2.16. The molecule has 0 saturated heterocycles. The summed E-state index contributed by atoms with van der Waals surface area (Å²) in [5.41, 5.74) is 1.87. The number of carbonyl (C=O) groups is 1. The van der Waals surface area contributed by atoms with Gasteiger partial charge in [0.05, 0.1) is 0 Å². The molecule has 26 heavy (non-hydrogen) atoms. The summed E-state index contributed by atoms with van der Waals surface area (Å²) in [5.74, 6) is 1.38. The van der Waals surface area contributed by atoms with Gasteiger partial charge in [-0.05, 0) is 38.0 Å². The lowest BCUT2D eigenvalue weighted by Crippen LogP contribution is -2.47. The number of nitrogens with zero attached hydrogens (tertiary/aromatic N) is 3. The average molecular weight is 373 g/mol. The van der Waals surface area contributed by atoms with E-state index in [1.54, 1.807) is 6.08 Å². The van der Waals surface area contributed by atoms with Gasteiger partial charge in [0.1, 0.15) is 17.7 Å². The third-order valence-electron chi connectivity index (χ3n) is 4.02. The molecule has 1 atom stereocenters. The maximum absolute atomic E-state index is 12.8. The number of nitrogens with one attached hydrogen (secondary N) is 1. The van der Waals surface area contributed by atoms with Gasteiger partial charge >= 0.3 is 0 Å². The van der Waals surface area contributed by atoms with Crippen molar-refractivity contribution in [2.45, 2.75) is 39.8 Å². The summed E-state index contributed by atoms with van der Waals surface area (Å²) in [6, 6.07) is 9.00. The number of hydrogen-bond donors (Lipinski definition) is 1. The Labute approximate surface area is 160 Å². The highest BCUT2D eigenvalue weighted by Gasteiger charge is 2.25. The Morgan fingerprint density at radius 1 is 1.31 bits per heavy atom. The first kappa shape index (κ1) is 19.9. The van der Waals surface area contributed by atoms with Crippen LogP contribution in [0.25, 0.3) is 0 Å². The molecule has 1 amide bonds. The van der Waals surface area contributed by atoms with Gasteiger partial charge in [-0.3, -0.25) is 4.79 Å². The molecule has 1 heterocycles. The highest BCUT2D eigenvalue weighted by molar-refractivity contribution is 6.30. The van der Waals surface area contributed by atoms with Gasteiger partial charge < -0.3 is 10.2 Å². The molecule has 0 bridgehead atoms. The Bertz CT molecular complexity index is 741. The van der Waals surface area contributed by atoms with E-state index < -0.39 is 0 Å². The zero-order valence-corrected chi connectivity index (χ0v) is 16.3. The van der Waals surface area contributed by atoms with Crippen LogP contribution in [0.15, 0.2) is 43.0 Å². The first-order chi connectivity index (χ1) is 12.4. The lowest BCUT2D eigenvalue weighted by Gasteiger charge is -2.30. The van der Waals surface area contributed by atoms with Gasteiger partial charge in [-0.15, -0.1) is 6.58 Å². The third-order valence-corrected chi connectivity index (χ3v) is 4.27. The van der Waals surface area contributed by atoms with E-state index in [-0.39, 0.29) is 11.9 Å². The molecule has 138 valence electrons. The molecule has 2 aromatic rings. The molecule has 5 nitrogen and oxygen atoms in total. The zero-order chi connectivity index (χ0) is 19.1. The number of aromatic nitrogens is 2. The average Bonchev–Trinajstić information content (AvgIpc) is 2.60. The zero-order valence-electron chi connectivity index (χ0n) is 15.5. The highest BCUT2D eigenvalue weighted by atomic mass is 35.5. The van der Waals surface area contributed by atoms with Crippen molar-refractivity contribution < 1.29 is 4.79 Å². The quantitative estimate of drug-likeness (QED) is 0.715. The fourth-order valence-corrected chi connectivity index (χ4v) is 2.95. The van der Waals surface area contributed by atoms with Gasteiger partial charge in [0.15, 0.2) is 0 Å². The molecule has 1 aromatic carbocycles. The van der Waals surface area contributed by atoms with Crippen LogP contribution in [0, 0.1) is 13.8 Å². The number of amides is 1. The van der Waals surface area contributed by atoms with Crippen molar-refractivity contribution in [3.05, 3.63) is 65.1 Å². The van der Waals surface area contributed by atoms with Crippen LogP contribution in [0.3, 0.4) is 0 Å². The van der Waals surface area contributed by atoms with E-state index in [9.17, 15) is 4.79 Å². The summed E-state index contributed by atoms with van der Waals surface area (Å²) in [6.45, 7) is 10.6. The van der Waals surface area contributed by atoms with E-state index in [4.69, 9.17) is 11.6 Å². The molecule has 1 unspecified atom stereocenters. The molecule has 0 aliphatic carbocycles. The van der Waals surface area contributed by atoms with Gasteiger partial charge in [-0.2, -0.15) is 0 Å². The van der Waals surface area contributed by atoms with Crippen LogP contribution in [0.5, 0.6) is 0 Å². The minimum Gasteiger partial charge on any atom is -0.350 e. The highest BCUT2D eigenvalue weighted by Crippen LogP contribution is 2.18. The normalized spacial score (nSPS) is 11.7. The third kappa shape index (κ3) is 5.30. The van der Waals surface area contributed by atoms with Gasteiger partial charge in [0.25, 0.3) is 0 Å². The number of halogens is 1. The molecular formula is C20H25ClN4O. The van der Waals surface area contributed by atoms with Crippen LogP contribution in [-0.2, 0) is 11.3 Å². The molecule has 2 rings (SSSR count). The summed E-state index contributed by atoms with van der Waals surface area (Å²) in [7, 11) is 0. The Morgan fingerprint density at radius 2 is 2.00 bits per heavy atom. The number of benzene rings is 1. The summed E-state index contributed by atoms with van der Waals surface area (Å²) >= 11 is 5.90. The molecule has 0 saturated carbocycles. The summed E-state index contributed by atoms with van der Waals surface area (Å²) in [5, 5.41) is 3.68. The van der Waals surface area contributed by atoms with Crippen molar-refractivity contribution in [1.29, 1.82) is 0 Å². The molecular weight excluding hydrogens is 348 g/mol. The molecule has 0 radical (unpaired) electrons. The summed E-state index contributed by atoms with van der Waals surface area (Å²) in [6.07, 6.45) is 2.43. The minimum absolute atomic E-state index is 0.0433. The second-order valence-electron chi connectivity index (χ2n) is 6.12. The second-order valence-corrected chi connectivity index (χ2v) is 6.56. The lowest BCUT2D eigenvalue weighted by molar-refractivity contribution is -0.122. The molecule has 0 aliphatic heterocycles. The number of aryl methyl sites for hydroxylation is 2. The van der Waals surface area contributed by atoms with Gasteiger partial charge in [-0.1, -0.05) is 36.7 Å². The van der Waals surface area contributed by atoms with Crippen LogP contribution in [0.4, 0.5) is 5.82 Å². The van der Waals surface area contributed by atoms with Crippen molar-refractivity contribution in [2.24, 2.45) is 0 Å². The van der Waals surface area contributed by atoms with E-state index in [1.807, 2.05) is 56.0 Å². The Morgan fingerprint density at radius 3 is 2.58 bits per heavy atom. The summed E-state index contributed by atoms with van der Waals surface area (Å²) in [4.78, 5) is 23.6. The van der Waals surface area contributed by atoms with E-state index >= 15 is 0 Å². The first-order valence-electron chi connectivity index (χ1n) is 8.66. The molecule has 1 aromatic heterocycles. The maximum Gasteiger partial charge on any atom is 0.243 e. The second kappa shape index (κ2) is 9.34. The standard InChI is InChI=1S/C20H25ClN4O/c1-5-11-25(19-12-14(3)23-15(4)24-19)18(6-2)20(26)22-13-16-7-9-17(21)10-8-16/h5,7-10,12,18H,1,6,11,13H2,2-4H3,(H,22,26). The number of rotatable bonds is 8. The Kier molecular flexibility index (Phi) is 7.16. The van der Waals surface area contributed by atoms with Gasteiger partial charge in [0, 0.05) is 29.9 Å². The van der Waals surface area contributed by atoms with Crippen molar-refractivity contribution in [1.82, 2.24) is 15.3 Å². The van der Waals surface area contributed by atoms with Gasteiger partial charge in [-0.25, -0.2) is 9.97 Å². The topological polar surface area (TPSA) is 58.1 Å². The number of hydrogen-bond acceptors (Lipinski definition) is 4. The molecule has 0 fully saturated rings. The van der Waals surface area contributed by atoms with E-state index in [2.05, 4.69) is 21.9 Å². The largest absolute Gasteiger partial charge is 0.350 e. The fraction of sp³-hybridized carbons (Fsp3) is 0.350. The SMILES string of the molecule is C=CCN(c1cc(C)nc(C)n1)C(CC)C(=O)NCc1ccc(Cl)cc1. The summed E-state index contributed by atoms with van der Waals surface area (Å²) < 4.78 is 0. The molecule has 6 heteroatoms. The monoisotopic (exact) mass is 372 g/mol. The van der Waals surface area contributed by atoms with Crippen LogP contribution in [0.2, 0.25) is 5.02 Å². The van der Waals surface area contributed by atoms with E-state index in [0.717, 1.165) is 17.1 Å². The van der Waals surface area contributed by atoms with Crippen LogP contribution in [-0.4, -0.2) is 28.5 Å². The van der Waals surface area contributed by atoms with Crippen molar-refractivity contribution in [3.63, 3.8) is 0 Å². The van der Waals surface area contributed by atoms with Gasteiger partial charge in [0.2, 0.25) is 5.91 Å². The van der Waals surface area contributed by atoms with Crippen molar-refractivity contribution in [2.75, 3.05) is 11.4 Å². The maximum atomic E-state index is 12.8. The van der Waals surface area contributed by atoms with Crippen LogP contribution < -0.4 is 10.2 Å². The predicted molar refractivity (Wildman–Crippen MR) is 106 cm³/mol. The van der Waals surface area contributed by atoms with Crippen LogP contribution in [0.1, 0.15) is 30.4 Å². The lowest BCUT2D eigenvalue weighted by atomic mass is 10.1. The van der Waals surface area contributed by atoms with E-state index in [0.29, 0.717) is 30.4 Å². The Hall–Kier alpha value is -2.40. The molecule has 0 aliphatic rings. The number of anilines is 1. The van der Waals surface area contributed by atoms with Crippen molar-refractivity contribution >= 4 is 23.3 Å². The fourth-order valence-electron chi connectivity index (χ4n) is 2.82. The van der Waals surface area contributed by atoms with E-state index in [1.165, 1.54) is 0 Å². The predicted octanol–water partition coefficient (Wildman–Crippen LogP) is 3.83. The molecule has 1 N–H and O–H groups in total. The first-order valence-corrected chi connectivity index (χ1v) is 9.04. The smallest absolute Gasteiger partial charge is 0.243 e. The minimum atomic E-state index is -0.339. The number of carbonyl (C=O) groups excluding carboxylic acids is 1. The van der Waals surface area contributed by atoms with Crippen LogP contribution >= 0.6 is 11.6 Å². The van der Waals surface area contributed by atoms with Crippen molar-refractivity contribution in [3.8, 4) is 0 Å². The molecule has 0 spiro atoms.